The molecule has 2 aromatic rings. The molecule has 1 atom stereocenters. The highest BCUT2D eigenvalue weighted by atomic mass is 19.1. The lowest BCUT2D eigenvalue weighted by Crippen LogP contribution is -2.35. The maximum Gasteiger partial charge on any atom is 0.260 e. The summed E-state index contributed by atoms with van der Waals surface area (Å²) in [7, 11) is 0. The summed E-state index contributed by atoms with van der Waals surface area (Å²) in [5.41, 5.74) is 1.97. The molecule has 1 aromatic carbocycles. The molecule has 4 rings (SSSR count). The molecular weight excluding hydrogens is 375 g/mol. The van der Waals surface area contributed by atoms with Crippen LogP contribution in [-0.2, 0) is 22.6 Å². The summed E-state index contributed by atoms with van der Waals surface area (Å²) in [6.45, 7) is 3.72. The van der Waals surface area contributed by atoms with Gasteiger partial charge in [0.15, 0.2) is 18.2 Å². The number of nitrogens with zero attached hydrogens (tertiary/aromatic N) is 4. The van der Waals surface area contributed by atoms with E-state index in [-0.39, 0.29) is 30.1 Å². The quantitative estimate of drug-likeness (QED) is 0.787. The van der Waals surface area contributed by atoms with Gasteiger partial charge in [-0.1, -0.05) is 12.1 Å². The normalized spacial score (nSPS) is 18.5. The molecule has 2 aliphatic rings. The molecule has 7 nitrogen and oxygen atoms in total. The molecule has 1 aromatic heterocycles. The van der Waals surface area contributed by atoms with E-state index in [1.807, 2.05) is 0 Å². The van der Waals surface area contributed by atoms with Crippen molar-refractivity contribution in [2.45, 2.75) is 32.2 Å². The second-order valence-corrected chi connectivity index (χ2v) is 7.44. The number of aromatic nitrogens is 2. The first-order valence-corrected chi connectivity index (χ1v) is 9.76. The van der Waals surface area contributed by atoms with E-state index in [1.54, 1.807) is 35.1 Å². The number of benzene rings is 1. The molecule has 0 radical (unpaired) electrons. The highest BCUT2D eigenvalue weighted by Crippen LogP contribution is 2.27. The van der Waals surface area contributed by atoms with Gasteiger partial charge in [-0.15, -0.1) is 0 Å². The van der Waals surface area contributed by atoms with E-state index in [2.05, 4.69) is 4.98 Å². The SMILES string of the molecule is CC(=O)N1CCc2nc(C3CCN(C(=O)COc4ccccc4F)C3)ncc2C1. The Bertz CT molecular complexity index is 936. The zero-order valence-electron chi connectivity index (χ0n) is 16.3. The number of hydrogen-bond acceptors (Lipinski definition) is 5. The molecule has 0 spiro atoms. The number of likely N-dealkylation sites (tertiary alicyclic amines) is 1. The minimum Gasteiger partial charge on any atom is -0.481 e. The number of rotatable bonds is 4. The topological polar surface area (TPSA) is 75.6 Å². The first-order chi connectivity index (χ1) is 14.0. The Kier molecular flexibility index (Phi) is 5.42. The number of carbonyl (C=O) groups is 2. The van der Waals surface area contributed by atoms with Crippen LogP contribution in [0.25, 0.3) is 0 Å². The smallest absolute Gasteiger partial charge is 0.260 e. The van der Waals surface area contributed by atoms with Gasteiger partial charge in [-0.25, -0.2) is 14.4 Å². The van der Waals surface area contributed by atoms with Crippen LogP contribution in [0.2, 0.25) is 0 Å². The Balaban J connectivity index is 1.35. The van der Waals surface area contributed by atoms with Crippen LogP contribution < -0.4 is 4.74 Å². The van der Waals surface area contributed by atoms with Crippen LogP contribution in [0.3, 0.4) is 0 Å². The van der Waals surface area contributed by atoms with Crippen molar-refractivity contribution in [2.24, 2.45) is 0 Å². The summed E-state index contributed by atoms with van der Waals surface area (Å²) in [5.74, 6) is 0.293. The van der Waals surface area contributed by atoms with E-state index >= 15 is 0 Å². The molecule has 29 heavy (non-hydrogen) atoms. The Hall–Kier alpha value is -3.03. The second kappa shape index (κ2) is 8.14. The summed E-state index contributed by atoms with van der Waals surface area (Å²) < 4.78 is 18.9. The van der Waals surface area contributed by atoms with Crippen LogP contribution >= 0.6 is 0 Å². The number of para-hydroxylation sites is 1. The summed E-state index contributed by atoms with van der Waals surface area (Å²) in [6.07, 6.45) is 3.30. The van der Waals surface area contributed by atoms with E-state index in [1.165, 1.54) is 12.1 Å². The van der Waals surface area contributed by atoms with Crippen molar-refractivity contribution in [3.63, 3.8) is 0 Å². The van der Waals surface area contributed by atoms with E-state index in [0.717, 1.165) is 29.9 Å². The summed E-state index contributed by atoms with van der Waals surface area (Å²) in [6, 6.07) is 6.04. The average Bonchev–Trinajstić information content (AvgIpc) is 3.22. The van der Waals surface area contributed by atoms with E-state index in [0.29, 0.717) is 26.2 Å². The molecule has 2 amide bonds. The molecule has 8 heteroatoms. The minimum absolute atomic E-state index is 0.0577. The van der Waals surface area contributed by atoms with Crippen LogP contribution in [0, 0.1) is 5.82 Å². The maximum atomic E-state index is 13.6. The van der Waals surface area contributed by atoms with Crippen molar-refractivity contribution in [1.82, 2.24) is 19.8 Å². The van der Waals surface area contributed by atoms with Gasteiger partial charge < -0.3 is 14.5 Å². The van der Waals surface area contributed by atoms with Gasteiger partial charge in [0.25, 0.3) is 5.91 Å². The fourth-order valence-electron chi connectivity index (χ4n) is 3.79. The monoisotopic (exact) mass is 398 g/mol. The number of ether oxygens (including phenoxy) is 1. The summed E-state index contributed by atoms with van der Waals surface area (Å²) in [4.78, 5) is 36.7. The van der Waals surface area contributed by atoms with Gasteiger partial charge in [0, 0.05) is 57.2 Å². The third-order valence-electron chi connectivity index (χ3n) is 5.49. The zero-order chi connectivity index (χ0) is 20.4. The third kappa shape index (κ3) is 4.21. The first kappa shape index (κ1) is 19.3. The Morgan fingerprint density at radius 3 is 2.86 bits per heavy atom. The van der Waals surface area contributed by atoms with E-state index in [9.17, 15) is 14.0 Å². The van der Waals surface area contributed by atoms with Crippen LogP contribution in [-0.4, -0.2) is 57.8 Å². The van der Waals surface area contributed by atoms with E-state index < -0.39 is 5.82 Å². The number of hydrogen-bond donors (Lipinski definition) is 0. The van der Waals surface area contributed by atoms with Gasteiger partial charge in [0.05, 0.1) is 5.69 Å². The lowest BCUT2D eigenvalue weighted by atomic mass is 10.0. The average molecular weight is 398 g/mol. The van der Waals surface area contributed by atoms with Gasteiger partial charge in [-0.2, -0.15) is 0 Å². The Labute approximate surface area is 168 Å². The summed E-state index contributed by atoms with van der Waals surface area (Å²) in [5, 5.41) is 0. The molecule has 1 fully saturated rings. The Morgan fingerprint density at radius 1 is 1.24 bits per heavy atom. The van der Waals surface area contributed by atoms with Gasteiger partial charge in [0.2, 0.25) is 5.91 Å². The zero-order valence-corrected chi connectivity index (χ0v) is 16.3. The standard InChI is InChI=1S/C21H23FN4O3/c1-14(27)25-9-7-18-16(12-25)10-23-21(24-18)15-6-8-26(11-15)20(28)13-29-19-5-3-2-4-17(19)22/h2-5,10,15H,6-9,11-13H2,1H3. The molecule has 152 valence electrons. The molecule has 3 heterocycles. The number of carbonyl (C=O) groups excluding carboxylic acids is 2. The van der Waals surface area contributed by atoms with Crippen LogP contribution in [0.4, 0.5) is 4.39 Å². The van der Waals surface area contributed by atoms with Crippen molar-refractivity contribution in [1.29, 1.82) is 0 Å². The predicted octanol–water partition coefficient (Wildman–Crippen LogP) is 1.92. The predicted molar refractivity (Wildman–Crippen MR) is 103 cm³/mol. The molecular formula is C21H23FN4O3. The van der Waals surface area contributed by atoms with Crippen molar-refractivity contribution in [3.05, 3.63) is 53.4 Å². The fourth-order valence-corrected chi connectivity index (χ4v) is 3.79. The van der Waals surface area contributed by atoms with Gasteiger partial charge in [-0.05, 0) is 18.6 Å². The third-order valence-corrected chi connectivity index (χ3v) is 5.49. The molecule has 0 saturated carbocycles. The number of amides is 2. The molecule has 0 N–H and O–H groups in total. The van der Waals surface area contributed by atoms with Gasteiger partial charge >= 0.3 is 0 Å². The van der Waals surface area contributed by atoms with Crippen molar-refractivity contribution >= 4 is 11.8 Å². The van der Waals surface area contributed by atoms with Crippen LogP contribution in [0.5, 0.6) is 5.75 Å². The van der Waals surface area contributed by atoms with Gasteiger partial charge in [-0.3, -0.25) is 9.59 Å². The molecule has 2 aliphatic heterocycles. The van der Waals surface area contributed by atoms with Crippen molar-refractivity contribution in [3.8, 4) is 5.75 Å². The number of halogens is 1. The van der Waals surface area contributed by atoms with Crippen LogP contribution in [0.15, 0.2) is 30.5 Å². The first-order valence-electron chi connectivity index (χ1n) is 9.76. The molecule has 1 unspecified atom stereocenters. The Morgan fingerprint density at radius 2 is 2.07 bits per heavy atom. The van der Waals surface area contributed by atoms with Crippen molar-refractivity contribution < 1.29 is 18.7 Å². The molecule has 1 saturated heterocycles. The minimum atomic E-state index is -0.481. The molecule has 0 bridgehead atoms. The van der Waals surface area contributed by atoms with E-state index in [4.69, 9.17) is 9.72 Å². The van der Waals surface area contributed by atoms with Crippen molar-refractivity contribution in [2.75, 3.05) is 26.2 Å². The lowest BCUT2D eigenvalue weighted by molar-refractivity contribution is -0.132. The van der Waals surface area contributed by atoms with Crippen LogP contribution in [0.1, 0.15) is 36.3 Å². The lowest BCUT2D eigenvalue weighted by Gasteiger charge is -2.27. The fraction of sp³-hybridized carbons (Fsp3) is 0.429. The largest absolute Gasteiger partial charge is 0.481 e. The highest BCUT2D eigenvalue weighted by molar-refractivity contribution is 5.78. The maximum absolute atomic E-state index is 13.6. The van der Waals surface area contributed by atoms with Gasteiger partial charge in [0.1, 0.15) is 5.82 Å². The second-order valence-electron chi connectivity index (χ2n) is 7.44. The summed E-state index contributed by atoms with van der Waals surface area (Å²) >= 11 is 0. The number of fused-ring (bicyclic) bond motifs is 1. The highest BCUT2D eigenvalue weighted by Gasteiger charge is 2.30. The molecule has 0 aliphatic carbocycles.